The zero-order chi connectivity index (χ0) is 20.5. The molecule has 3 aromatic carbocycles. The molecule has 0 spiro atoms. The molecule has 0 radical (unpaired) electrons. The summed E-state index contributed by atoms with van der Waals surface area (Å²) in [5.74, 6) is -0.196. The van der Waals surface area contributed by atoms with Crippen LogP contribution >= 0.6 is 0 Å². The fourth-order valence-electron chi connectivity index (χ4n) is 3.51. The number of hydrogen-bond acceptors (Lipinski definition) is 4. The van der Waals surface area contributed by atoms with Crippen LogP contribution in [0.1, 0.15) is 27.6 Å². The molecule has 6 heteroatoms. The van der Waals surface area contributed by atoms with Crippen LogP contribution in [0.2, 0.25) is 0 Å². The molecule has 0 aliphatic rings. The molecular weight excluding hydrogens is 368 g/mol. The van der Waals surface area contributed by atoms with Crippen LogP contribution < -0.4 is 10.5 Å². The van der Waals surface area contributed by atoms with Crippen LogP contribution in [-0.4, -0.2) is 30.6 Å². The smallest absolute Gasteiger partial charge is 0.338 e. The Kier molecular flexibility index (Phi) is 4.68. The molecule has 0 fully saturated rings. The van der Waals surface area contributed by atoms with Gasteiger partial charge in [0.25, 0.3) is 5.91 Å². The molecule has 29 heavy (non-hydrogen) atoms. The van der Waals surface area contributed by atoms with E-state index in [1.807, 2.05) is 36.4 Å². The molecule has 3 N–H and O–H groups in total. The van der Waals surface area contributed by atoms with Crippen molar-refractivity contribution in [2.24, 2.45) is 5.73 Å². The lowest BCUT2D eigenvalue weighted by Crippen LogP contribution is -2.11. The first-order valence-corrected chi connectivity index (χ1v) is 9.22. The average Bonchev–Trinajstić information content (AvgIpc) is 3.10. The van der Waals surface area contributed by atoms with E-state index >= 15 is 0 Å². The number of fused-ring (bicyclic) bond motifs is 3. The first-order chi connectivity index (χ1) is 14.0. The average molecular weight is 388 g/mol. The van der Waals surface area contributed by atoms with Gasteiger partial charge in [-0.15, -0.1) is 0 Å². The van der Waals surface area contributed by atoms with Gasteiger partial charge in [0.05, 0.1) is 30.4 Å². The maximum absolute atomic E-state index is 12.2. The highest BCUT2D eigenvalue weighted by Gasteiger charge is 2.16. The van der Waals surface area contributed by atoms with Crippen molar-refractivity contribution in [2.75, 3.05) is 13.7 Å². The second-order valence-electron chi connectivity index (χ2n) is 6.65. The summed E-state index contributed by atoms with van der Waals surface area (Å²) < 4.78 is 10.4. The van der Waals surface area contributed by atoms with E-state index in [0.29, 0.717) is 23.3 Å². The standard InChI is InChI=1S/C23H20N2O4/c1-3-29-23(27)14-7-8-17-18-10-15(13-5-4-6-16(9-13)28-2)11-19(22(24)26)21(18)25-20(17)12-14/h4-12,25H,3H2,1-2H3,(H2,24,26). The highest BCUT2D eigenvalue weighted by atomic mass is 16.5. The highest BCUT2D eigenvalue weighted by Crippen LogP contribution is 2.34. The molecule has 0 saturated heterocycles. The minimum atomic E-state index is -0.531. The SMILES string of the molecule is CCOC(=O)c1ccc2c(c1)[nH]c1c(C(N)=O)cc(-c3cccc(OC)c3)cc12. The zero-order valence-corrected chi connectivity index (χ0v) is 16.1. The van der Waals surface area contributed by atoms with Gasteiger partial charge in [-0.25, -0.2) is 4.79 Å². The van der Waals surface area contributed by atoms with E-state index in [0.717, 1.165) is 33.2 Å². The Morgan fingerprint density at radius 3 is 2.55 bits per heavy atom. The summed E-state index contributed by atoms with van der Waals surface area (Å²) in [7, 11) is 1.61. The molecule has 0 saturated carbocycles. The lowest BCUT2D eigenvalue weighted by Gasteiger charge is -2.08. The summed E-state index contributed by atoms with van der Waals surface area (Å²) in [6.07, 6.45) is 0. The molecule has 0 unspecified atom stereocenters. The van der Waals surface area contributed by atoms with Gasteiger partial charge in [-0.05, 0) is 54.4 Å². The molecule has 146 valence electrons. The minimum Gasteiger partial charge on any atom is -0.497 e. The lowest BCUT2D eigenvalue weighted by molar-refractivity contribution is 0.0526. The summed E-state index contributed by atoms with van der Waals surface area (Å²) in [6.45, 7) is 2.07. The van der Waals surface area contributed by atoms with Gasteiger partial charge in [0.15, 0.2) is 0 Å². The number of carbonyl (C=O) groups excluding carboxylic acids is 2. The molecule has 1 heterocycles. The number of aromatic amines is 1. The summed E-state index contributed by atoms with van der Waals surface area (Å²) in [5, 5.41) is 1.74. The molecule has 1 aromatic heterocycles. The maximum atomic E-state index is 12.2. The van der Waals surface area contributed by atoms with Crippen LogP contribution in [0.5, 0.6) is 5.75 Å². The number of methoxy groups -OCH3 is 1. The van der Waals surface area contributed by atoms with Gasteiger partial charge in [0.2, 0.25) is 0 Å². The molecule has 4 aromatic rings. The Bertz CT molecular complexity index is 1260. The van der Waals surface area contributed by atoms with Crippen molar-refractivity contribution in [3.63, 3.8) is 0 Å². The van der Waals surface area contributed by atoms with E-state index in [4.69, 9.17) is 15.2 Å². The predicted octanol–water partition coefficient (Wildman–Crippen LogP) is 4.27. The van der Waals surface area contributed by atoms with Gasteiger partial charge in [-0.2, -0.15) is 0 Å². The number of benzene rings is 3. The van der Waals surface area contributed by atoms with Gasteiger partial charge in [0, 0.05) is 16.3 Å². The Hall–Kier alpha value is -3.80. The molecule has 0 bridgehead atoms. The van der Waals surface area contributed by atoms with Gasteiger partial charge >= 0.3 is 5.97 Å². The van der Waals surface area contributed by atoms with Crippen molar-refractivity contribution < 1.29 is 19.1 Å². The first-order valence-electron chi connectivity index (χ1n) is 9.22. The second-order valence-corrected chi connectivity index (χ2v) is 6.65. The highest BCUT2D eigenvalue weighted by molar-refractivity contribution is 6.16. The van der Waals surface area contributed by atoms with E-state index in [9.17, 15) is 9.59 Å². The van der Waals surface area contributed by atoms with Crippen molar-refractivity contribution in [2.45, 2.75) is 6.92 Å². The Balaban J connectivity index is 1.95. The fourth-order valence-corrected chi connectivity index (χ4v) is 3.51. The van der Waals surface area contributed by atoms with Gasteiger partial charge in [-0.3, -0.25) is 4.79 Å². The second kappa shape index (κ2) is 7.31. The van der Waals surface area contributed by atoms with E-state index in [1.54, 1.807) is 32.2 Å². The van der Waals surface area contributed by atoms with Crippen LogP contribution in [0.3, 0.4) is 0 Å². The molecular formula is C23H20N2O4. The van der Waals surface area contributed by atoms with Crippen molar-refractivity contribution in [3.05, 3.63) is 65.7 Å². The van der Waals surface area contributed by atoms with Crippen LogP contribution in [0.15, 0.2) is 54.6 Å². The third kappa shape index (κ3) is 3.29. The monoisotopic (exact) mass is 388 g/mol. The number of nitrogens with two attached hydrogens (primary N) is 1. The number of H-pyrrole nitrogens is 1. The number of amides is 1. The Morgan fingerprint density at radius 2 is 1.83 bits per heavy atom. The minimum absolute atomic E-state index is 0.305. The van der Waals surface area contributed by atoms with E-state index in [1.165, 1.54) is 0 Å². The third-order valence-corrected chi connectivity index (χ3v) is 4.89. The van der Waals surface area contributed by atoms with Gasteiger partial charge in [0.1, 0.15) is 5.75 Å². The lowest BCUT2D eigenvalue weighted by atomic mass is 9.98. The van der Waals surface area contributed by atoms with E-state index in [2.05, 4.69) is 4.98 Å². The van der Waals surface area contributed by atoms with E-state index in [-0.39, 0.29) is 5.97 Å². The topological polar surface area (TPSA) is 94.4 Å². The Labute approximate surface area is 167 Å². The number of hydrogen-bond donors (Lipinski definition) is 2. The third-order valence-electron chi connectivity index (χ3n) is 4.89. The normalized spacial score (nSPS) is 11.0. The summed E-state index contributed by atoms with van der Waals surface area (Å²) in [6, 6.07) is 16.7. The summed E-state index contributed by atoms with van der Waals surface area (Å²) >= 11 is 0. The molecule has 0 aliphatic carbocycles. The summed E-state index contributed by atoms with van der Waals surface area (Å²) in [4.78, 5) is 27.5. The number of rotatable bonds is 5. The van der Waals surface area contributed by atoms with Crippen molar-refractivity contribution in [1.82, 2.24) is 4.98 Å². The van der Waals surface area contributed by atoms with Gasteiger partial charge < -0.3 is 20.2 Å². The van der Waals surface area contributed by atoms with Crippen LogP contribution in [0.4, 0.5) is 0 Å². The summed E-state index contributed by atoms with van der Waals surface area (Å²) in [5.41, 5.74) is 9.62. The molecule has 4 rings (SSSR count). The number of carbonyl (C=O) groups is 2. The molecule has 0 aliphatic heterocycles. The van der Waals surface area contributed by atoms with Crippen molar-refractivity contribution in [1.29, 1.82) is 0 Å². The zero-order valence-electron chi connectivity index (χ0n) is 16.1. The number of nitrogens with one attached hydrogen (secondary N) is 1. The Morgan fingerprint density at radius 1 is 1.00 bits per heavy atom. The molecule has 1 amide bonds. The fraction of sp³-hybridized carbons (Fsp3) is 0.130. The van der Waals surface area contributed by atoms with Crippen molar-refractivity contribution in [3.8, 4) is 16.9 Å². The molecule has 0 atom stereocenters. The quantitative estimate of drug-likeness (QED) is 0.499. The van der Waals surface area contributed by atoms with Crippen LogP contribution in [0.25, 0.3) is 32.9 Å². The number of esters is 1. The first kappa shape index (κ1) is 18.6. The number of aromatic nitrogens is 1. The largest absolute Gasteiger partial charge is 0.497 e. The maximum Gasteiger partial charge on any atom is 0.338 e. The van der Waals surface area contributed by atoms with Crippen LogP contribution in [0, 0.1) is 0 Å². The van der Waals surface area contributed by atoms with Crippen LogP contribution in [-0.2, 0) is 4.74 Å². The van der Waals surface area contributed by atoms with Gasteiger partial charge in [-0.1, -0.05) is 18.2 Å². The number of primary amides is 1. The molecule has 6 nitrogen and oxygen atoms in total. The predicted molar refractivity (Wildman–Crippen MR) is 112 cm³/mol. The van der Waals surface area contributed by atoms with Crippen molar-refractivity contribution >= 4 is 33.7 Å². The number of ether oxygens (including phenoxy) is 2. The van der Waals surface area contributed by atoms with E-state index < -0.39 is 5.91 Å².